The van der Waals surface area contributed by atoms with Gasteiger partial charge in [0, 0.05) is 26.1 Å². The molecule has 1 fully saturated rings. The van der Waals surface area contributed by atoms with Gasteiger partial charge in [0.2, 0.25) is 5.91 Å². The molecule has 1 aromatic carbocycles. The summed E-state index contributed by atoms with van der Waals surface area (Å²) in [5, 5.41) is 2.67. The fourth-order valence-electron chi connectivity index (χ4n) is 2.44. The average molecular weight is 282 g/mol. The smallest absolute Gasteiger partial charge is 0.224 e. The fourth-order valence-corrected chi connectivity index (χ4v) is 2.44. The van der Waals surface area contributed by atoms with Crippen molar-refractivity contribution in [2.75, 3.05) is 25.0 Å². The number of nitrogens with zero attached hydrogens (tertiary/aromatic N) is 1. The summed E-state index contributed by atoms with van der Waals surface area (Å²) < 4.78 is 26.8. The van der Waals surface area contributed by atoms with Crippen LogP contribution in [-0.2, 0) is 4.79 Å². The Labute approximate surface area is 118 Å². The number of anilines is 1. The lowest BCUT2D eigenvalue weighted by Gasteiger charge is -2.20. The topological polar surface area (TPSA) is 32.3 Å². The van der Waals surface area contributed by atoms with Gasteiger partial charge in [-0.1, -0.05) is 18.9 Å². The number of benzene rings is 1. The van der Waals surface area contributed by atoms with Crippen molar-refractivity contribution in [1.82, 2.24) is 4.90 Å². The van der Waals surface area contributed by atoms with Gasteiger partial charge < -0.3 is 10.2 Å². The zero-order valence-electron chi connectivity index (χ0n) is 11.5. The molecule has 0 saturated carbocycles. The molecule has 1 N–H and O–H groups in total. The van der Waals surface area contributed by atoms with Gasteiger partial charge in [0.15, 0.2) is 0 Å². The summed E-state index contributed by atoms with van der Waals surface area (Å²) >= 11 is 0. The molecule has 1 heterocycles. The van der Waals surface area contributed by atoms with Crippen LogP contribution in [0.5, 0.6) is 0 Å². The van der Waals surface area contributed by atoms with E-state index in [9.17, 15) is 13.6 Å². The molecule has 3 nitrogen and oxygen atoms in total. The first kappa shape index (κ1) is 14.8. The van der Waals surface area contributed by atoms with Gasteiger partial charge in [-0.3, -0.25) is 4.79 Å². The molecular formula is C15H20F2N2O. The normalized spacial score (nSPS) is 15.8. The highest BCUT2D eigenvalue weighted by Gasteiger charge is 2.15. The minimum Gasteiger partial charge on any atom is -0.380 e. The van der Waals surface area contributed by atoms with Crippen molar-refractivity contribution in [3.8, 4) is 0 Å². The van der Waals surface area contributed by atoms with Crippen LogP contribution in [-0.4, -0.2) is 30.4 Å². The van der Waals surface area contributed by atoms with Gasteiger partial charge in [0.25, 0.3) is 0 Å². The van der Waals surface area contributed by atoms with Crippen LogP contribution in [0.15, 0.2) is 18.2 Å². The van der Waals surface area contributed by atoms with Gasteiger partial charge in [0.1, 0.15) is 17.3 Å². The monoisotopic (exact) mass is 282 g/mol. The molecule has 0 bridgehead atoms. The number of carbonyl (C=O) groups is 1. The number of hydrogen-bond donors (Lipinski definition) is 1. The molecule has 20 heavy (non-hydrogen) atoms. The number of likely N-dealkylation sites (tertiary alicyclic amines) is 1. The van der Waals surface area contributed by atoms with Crippen LogP contribution in [0, 0.1) is 11.6 Å². The lowest BCUT2D eigenvalue weighted by Crippen LogP contribution is -2.33. The standard InChI is InChI=1S/C15H20F2N2O/c16-12-6-5-7-13(17)15(12)18-9-8-14(20)19-10-3-1-2-4-11-19/h5-7,18H,1-4,8-11H2. The number of rotatable bonds is 4. The second kappa shape index (κ2) is 7.22. The largest absolute Gasteiger partial charge is 0.380 e. The zero-order valence-corrected chi connectivity index (χ0v) is 11.5. The molecule has 1 aliphatic heterocycles. The van der Waals surface area contributed by atoms with E-state index in [1.807, 2.05) is 4.90 Å². The molecule has 2 rings (SSSR count). The quantitative estimate of drug-likeness (QED) is 0.920. The molecule has 1 aromatic rings. The fraction of sp³-hybridized carbons (Fsp3) is 0.533. The van der Waals surface area contributed by atoms with Gasteiger partial charge in [-0.25, -0.2) is 8.78 Å². The van der Waals surface area contributed by atoms with E-state index in [0.717, 1.165) is 25.9 Å². The van der Waals surface area contributed by atoms with Crippen molar-refractivity contribution in [1.29, 1.82) is 0 Å². The summed E-state index contributed by atoms with van der Waals surface area (Å²) in [6.07, 6.45) is 4.68. The summed E-state index contributed by atoms with van der Waals surface area (Å²) in [6, 6.07) is 3.71. The summed E-state index contributed by atoms with van der Waals surface area (Å²) in [5.74, 6) is -1.21. The molecule has 110 valence electrons. The number of carbonyl (C=O) groups excluding carboxylic acids is 1. The molecule has 1 saturated heterocycles. The third-order valence-electron chi connectivity index (χ3n) is 3.56. The van der Waals surface area contributed by atoms with Crippen LogP contribution in [0.25, 0.3) is 0 Å². The Hall–Kier alpha value is -1.65. The molecule has 0 aliphatic carbocycles. The third kappa shape index (κ3) is 3.92. The van der Waals surface area contributed by atoms with Crippen molar-refractivity contribution < 1.29 is 13.6 Å². The van der Waals surface area contributed by atoms with Gasteiger partial charge >= 0.3 is 0 Å². The number of hydrogen-bond acceptors (Lipinski definition) is 2. The van der Waals surface area contributed by atoms with E-state index in [2.05, 4.69) is 5.32 Å². The van der Waals surface area contributed by atoms with Gasteiger partial charge in [-0.05, 0) is 25.0 Å². The highest BCUT2D eigenvalue weighted by atomic mass is 19.1. The van der Waals surface area contributed by atoms with Crippen molar-refractivity contribution in [3.05, 3.63) is 29.8 Å². The van der Waals surface area contributed by atoms with Crippen molar-refractivity contribution >= 4 is 11.6 Å². The van der Waals surface area contributed by atoms with E-state index in [1.54, 1.807) is 0 Å². The molecule has 0 atom stereocenters. The number of halogens is 2. The minimum absolute atomic E-state index is 0.0520. The number of nitrogens with one attached hydrogen (secondary N) is 1. The predicted octanol–water partition coefficient (Wildman–Crippen LogP) is 3.17. The maximum atomic E-state index is 13.4. The summed E-state index contributed by atoms with van der Waals surface area (Å²) in [4.78, 5) is 13.9. The van der Waals surface area contributed by atoms with E-state index in [-0.39, 0.29) is 24.6 Å². The molecule has 0 aromatic heterocycles. The van der Waals surface area contributed by atoms with Crippen LogP contribution in [0.4, 0.5) is 14.5 Å². The van der Waals surface area contributed by atoms with Gasteiger partial charge in [-0.2, -0.15) is 0 Å². The maximum Gasteiger partial charge on any atom is 0.224 e. The Bertz CT molecular complexity index is 437. The van der Waals surface area contributed by atoms with E-state index in [0.29, 0.717) is 0 Å². The van der Waals surface area contributed by atoms with Crippen molar-refractivity contribution in [2.45, 2.75) is 32.1 Å². The highest BCUT2D eigenvalue weighted by Crippen LogP contribution is 2.18. The second-order valence-electron chi connectivity index (χ2n) is 5.07. The Kier molecular flexibility index (Phi) is 5.32. The summed E-state index contributed by atoms with van der Waals surface area (Å²) in [6.45, 7) is 1.84. The lowest BCUT2D eigenvalue weighted by atomic mass is 10.2. The van der Waals surface area contributed by atoms with E-state index in [4.69, 9.17) is 0 Å². The molecule has 0 radical (unpaired) electrons. The maximum absolute atomic E-state index is 13.4. The van der Waals surface area contributed by atoms with E-state index >= 15 is 0 Å². The lowest BCUT2D eigenvalue weighted by molar-refractivity contribution is -0.130. The number of amides is 1. The Morgan fingerprint density at radius 2 is 1.70 bits per heavy atom. The first-order chi connectivity index (χ1) is 9.68. The van der Waals surface area contributed by atoms with Crippen LogP contribution in [0.3, 0.4) is 0 Å². The minimum atomic E-state index is -0.632. The zero-order chi connectivity index (χ0) is 14.4. The predicted molar refractivity (Wildman–Crippen MR) is 74.5 cm³/mol. The van der Waals surface area contributed by atoms with Crippen LogP contribution < -0.4 is 5.32 Å². The van der Waals surface area contributed by atoms with E-state index in [1.165, 1.54) is 31.0 Å². The Balaban J connectivity index is 1.81. The Morgan fingerprint density at radius 3 is 2.30 bits per heavy atom. The van der Waals surface area contributed by atoms with Crippen LogP contribution >= 0.6 is 0 Å². The van der Waals surface area contributed by atoms with Crippen LogP contribution in [0.2, 0.25) is 0 Å². The molecular weight excluding hydrogens is 262 g/mol. The van der Waals surface area contributed by atoms with Crippen LogP contribution in [0.1, 0.15) is 32.1 Å². The molecule has 5 heteroatoms. The molecule has 1 amide bonds. The molecule has 0 spiro atoms. The number of para-hydroxylation sites is 1. The van der Waals surface area contributed by atoms with Crippen molar-refractivity contribution in [3.63, 3.8) is 0 Å². The highest BCUT2D eigenvalue weighted by molar-refractivity contribution is 5.76. The molecule has 1 aliphatic rings. The van der Waals surface area contributed by atoms with Crippen molar-refractivity contribution in [2.24, 2.45) is 0 Å². The van der Waals surface area contributed by atoms with E-state index < -0.39 is 11.6 Å². The summed E-state index contributed by atoms with van der Waals surface area (Å²) in [5.41, 5.74) is -0.156. The second-order valence-corrected chi connectivity index (χ2v) is 5.07. The third-order valence-corrected chi connectivity index (χ3v) is 3.56. The SMILES string of the molecule is O=C(CCNc1c(F)cccc1F)N1CCCCCC1. The summed E-state index contributed by atoms with van der Waals surface area (Å²) in [7, 11) is 0. The average Bonchev–Trinajstić information content (AvgIpc) is 2.71. The first-order valence-corrected chi connectivity index (χ1v) is 7.14. The van der Waals surface area contributed by atoms with Gasteiger partial charge in [0.05, 0.1) is 0 Å². The van der Waals surface area contributed by atoms with Gasteiger partial charge in [-0.15, -0.1) is 0 Å². The molecule has 0 unspecified atom stereocenters. The Morgan fingerprint density at radius 1 is 1.10 bits per heavy atom. The first-order valence-electron chi connectivity index (χ1n) is 7.14.